The van der Waals surface area contributed by atoms with E-state index in [-0.39, 0.29) is 11.4 Å². The van der Waals surface area contributed by atoms with Crippen LogP contribution in [0.1, 0.15) is 39.0 Å². The lowest BCUT2D eigenvalue weighted by molar-refractivity contribution is -0.123. The van der Waals surface area contributed by atoms with Crippen LogP contribution in [0.2, 0.25) is 0 Å². The Morgan fingerprint density at radius 3 is 2.73 bits per heavy atom. The number of aromatic nitrogens is 2. The Morgan fingerprint density at radius 1 is 1.38 bits per heavy atom. The number of hydrogen-bond donors (Lipinski definition) is 2. The highest BCUT2D eigenvalue weighted by atomic mass is 16.5. The van der Waals surface area contributed by atoms with Crippen LogP contribution in [0.15, 0.2) is 28.8 Å². The molecule has 7 nitrogen and oxygen atoms in total. The molecule has 1 amide bonds. The fourth-order valence-corrected chi connectivity index (χ4v) is 2.98. The van der Waals surface area contributed by atoms with Gasteiger partial charge in [-0.15, -0.1) is 0 Å². The largest absolute Gasteiger partial charge is 0.494 e. The predicted octanol–water partition coefficient (Wildman–Crippen LogP) is 2.31. The average Bonchev–Trinajstić information content (AvgIpc) is 3.40. The molecule has 0 spiro atoms. The number of benzene rings is 1. The minimum absolute atomic E-state index is 0.0364. The van der Waals surface area contributed by atoms with Crippen molar-refractivity contribution in [2.45, 2.75) is 45.1 Å². The second kappa shape index (κ2) is 7.86. The molecule has 2 aromatic rings. The molecule has 3 N–H and O–H groups in total. The van der Waals surface area contributed by atoms with E-state index in [1.165, 1.54) is 0 Å². The van der Waals surface area contributed by atoms with Crippen molar-refractivity contribution in [2.75, 3.05) is 13.2 Å². The van der Waals surface area contributed by atoms with Crippen LogP contribution in [0.4, 0.5) is 0 Å². The van der Waals surface area contributed by atoms with Gasteiger partial charge in [0.1, 0.15) is 5.75 Å². The summed E-state index contributed by atoms with van der Waals surface area (Å²) in [6, 6.07) is 7.50. The van der Waals surface area contributed by atoms with Gasteiger partial charge in [-0.05, 0) is 56.9 Å². The maximum atomic E-state index is 12.2. The van der Waals surface area contributed by atoms with Gasteiger partial charge in [0, 0.05) is 24.9 Å². The molecule has 1 fully saturated rings. The van der Waals surface area contributed by atoms with E-state index in [2.05, 4.69) is 15.5 Å². The smallest absolute Gasteiger partial charge is 0.227 e. The van der Waals surface area contributed by atoms with Crippen LogP contribution in [0.25, 0.3) is 11.4 Å². The van der Waals surface area contributed by atoms with Crippen LogP contribution in [0.3, 0.4) is 0 Å². The molecular formula is C19H26N4O3. The van der Waals surface area contributed by atoms with E-state index in [9.17, 15) is 4.79 Å². The average molecular weight is 358 g/mol. The van der Waals surface area contributed by atoms with Crippen LogP contribution in [-0.4, -0.2) is 34.7 Å². The second-order valence-electron chi connectivity index (χ2n) is 6.91. The van der Waals surface area contributed by atoms with Crippen molar-refractivity contribution in [3.05, 3.63) is 30.2 Å². The molecule has 0 bridgehead atoms. The van der Waals surface area contributed by atoms with E-state index in [1.807, 2.05) is 38.1 Å². The molecule has 1 aromatic carbocycles. The molecule has 1 aliphatic rings. The SMILES string of the molecule is CCOc1ccc(-c2noc(CCC(=O)NC(C)(CN)C3CC3)n2)cc1. The highest BCUT2D eigenvalue weighted by molar-refractivity contribution is 5.77. The topological polar surface area (TPSA) is 103 Å². The minimum atomic E-state index is -0.306. The Kier molecular flexibility index (Phi) is 5.56. The minimum Gasteiger partial charge on any atom is -0.494 e. The first-order valence-electron chi connectivity index (χ1n) is 9.11. The molecule has 7 heteroatoms. The zero-order chi connectivity index (χ0) is 18.6. The molecule has 0 aliphatic heterocycles. The maximum Gasteiger partial charge on any atom is 0.227 e. The van der Waals surface area contributed by atoms with Crippen LogP contribution >= 0.6 is 0 Å². The van der Waals surface area contributed by atoms with E-state index in [1.54, 1.807) is 0 Å². The Balaban J connectivity index is 1.54. The quantitative estimate of drug-likeness (QED) is 0.713. The molecule has 1 heterocycles. The van der Waals surface area contributed by atoms with Crippen LogP contribution in [0, 0.1) is 5.92 Å². The molecule has 140 valence electrons. The molecule has 3 rings (SSSR count). The predicted molar refractivity (Wildman–Crippen MR) is 97.6 cm³/mol. The van der Waals surface area contributed by atoms with Crippen molar-refractivity contribution in [1.82, 2.24) is 15.5 Å². The summed E-state index contributed by atoms with van der Waals surface area (Å²) in [4.78, 5) is 16.6. The van der Waals surface area contributed by atoms with E-state index in [0.29, 0.717) is 43.6 Å². The van der Waals surface area contributed by atoms with E-state index in [0.717, 1.165) is 24.2 Å². The number of ether oxygens (including phenoxy) is 1. The molecule has 0 saturated heterocycles. The second-order valence-corrected chi connectivity index (χ2v) is 6.91. The molecule has 26 heavy (non-hydrogen) atoms. The summed E-state index contributed by atoms with van der Waals surface area (Å²) in [5, 5.41) is 7.05. The zero-order valence-electron chi connectivity index (χ0n) is 15.3. The lowest BCUT2D eigenvalue weighted by Crippen LogP contribution is -2.53. The van der Waals surface area contributed by atoms with Gasteiger partial charge in [-0.1, -0.05) is 5.16 Å². The summed E-state index contributed by atoms with van der Waals surface area (Å²) in [5.41, 5.74) is 6.37. The number of aryl methyl sites for hydroxylation is 1. The number of nitrogens with one attached hydrogen (secondary N) is 1. The number of hydrogen-bond acceptors (Lipinski definition) is 6. The number of nitrogens with zero attached hydrogens (tertiary/aromatic N) is 2. The molecule has 1 unspecified atom stereocenters. The first kappa shape index (κ1) is 18.4. The number of carbonyl (C=O) groups is 1. The molecule has 1 aliphatic carbocycles. The number of rotatable bonds is 9. The summed E-state index contributed by atoms with van der Waals surface area (Å²) in [6.07, 6.45) is 2.96. The van der Waals surface area contributed by atoms with Crippen molar-refractivity contribution in [3.63, 3.8) is 0 Å². The van der Waals surface area contributed by atoms with Gasteiger partial charge in [0.05, 0.1) is 12.1 Å². The molecule has 0 radical (unpaired) electrons. The lowest BCUT2D eigenvalue weighted by atomic mass is 9.95. The Morgan fingerprint density at radius 2 is 2.12 bits per heavy atom. The highest BCUT2D eigenvalue weighted by Crippen LogP contribution is 2.39. The van der Waals surface area contributed by atoms with Crippen molar-refractivity contribution in [2.24, 2.45) is 11.7 Å². The van der Waals surface area contributed by atoms with Gasteiger partial charge in [0.2, 0.25) is 17.6 Å². The Hall–Kier alpha value is -2.41. The van der Waals surface area contributed by atoms with Crippen LogP contribution < -0.4 is 15.8 Å². The number of nitrogens with two attached hydrogens (primary N) is 1. The van der Waals surface area contributed by atoms with Gasteiger partial charge in [-0.3, -0.25) is 4.79 Å². The van der Waals surface area contributed by atoms with Crippen molar-refractivity contribution < 1.29 is 14.1 Å². The first-order chi connectivity index (χ1) is 12.5. The van der Waals surface area contributed by atoms with Crippen LogP contribution in [0.5, 0.6) is 5.75 Å². The summed E-state index contributed by atoms with van der Waals surface area (Å²) >= 11 is 0. The van der Waals surface area contributed by atoms with E-state index >= 15 is 0 Å². The zero-order valence-corrected chi connectivity index (χ0v) is 15.3. The van der Waals surface area contributed by atoms with Crippen molar-refractivity contribution >= 4 is 5.91 Å². The third kappa shape index (κ3) is 4.40. The highest BCUT2D eigenvalue weighted by Gasteiger charge is 2.41. The van der Waals surface area contributed by atoms with Gasteiger partial charge < -0.3 is 20.3 Å². The monoisotopic (exact) mass is 358 g/mol. The number of carbonyl (C=O) groups excluding carboxylic acids is 1. The van der Waals surface area contributed by atoms with Gasteiger partial charge >= 0.3 is 0 Å². The van der Waals surface area contributed by atoms with Crippen LogP contribution in [-0.2, 0) is 11.2 Å². The fourth-order valence-electron chi connectivity index (χ4n) is 2.98. The summed E-state index contributed by atoms with van der Waals surface area (Å²) in [5.74, 6) is 2.21. The molecule has 1 saturated carbocycles. The van der Waals surface area contributed by atoms with Gasteiger partial charge in [0.25, 0.3) is 0 Å². The summed E-state index contributed by atoms with van der Waals surface area (Å²) in [7, 11) is 0. The fraction of sp³-hybridized carbons (Fsp3) is 0.526. The van der Waals surface area contributed by atoms with Gasteiger partial charge in [0.15, 0.2) is 0 Å². The third-order valence-corrected chi connectivity index (χ3v) is 4.78. The third-order valence-electron chi connectivity index (χ3n) is 4.78. The molecule has 1 aromatic heterocycles. The van der Waals surface area contributed by atoms with Gasteiger partial charge in [-0.2, -0.15) is 4.98 Å². The number of amides is 1. The van der Waals surface area contributed by atoms with Gasteiger partial charge in [-0.25, -0.2) is 0 Å². The Labute approximate surface area is 153 Å². The summed E-state index contributed by atoms with van der Waals surface area (Å²) < 4.78 is 10.7. The normalized spacial score (nSPS) is 16.1. The van der Waals surface area contributed by atoms with E-state index < -0.39 is 0 Å². The van der Waals surface area contributed by atoms with Crippen molar-refractivity contribution in [1.29, 1.82) is 0 Å². The molecule has 1 atom stereocenters. The first-order valence-corrected chi connectivity index (χ1v) is 9.11. The van der Waals surface area contributed by atoms with E-state index in [4.69, 9.17) is 15.0 Å². The Bertz CT molecular complexity index is 739. The standard InChI is InChI=1S/C19H26N4O3/c1-3-25-15-8-4-13(5-9-15)18-21-17(26-23-18)11-10-16(24)22-19(2,12-20)14-6-7-14/h4-5,8-9,14H,3,6-7,10-12,20H2,1-2H3,(H,22,24). The molecular weight excluding hydrogens is 332 g/mol. The summed E-state index contributed by atoms with van der Waals surface area (Å²) in [6.45, 7) is 5.03. The maximum absolute atomic E-state index is 12.2. The lowest BCUT2D eigenvalue weighted by Gasteiger charge is -2.29. The van der Waals surface area contributed by atoms with Crippen molar-refractivity contribution in [3.8, 4) is 17.1 Å².